The van der Waals surface area contributed by atoms with Crippen LogP contribution in [0.3, 0.4) is 0 Å². The van der Waals surface area contributed by atoms with E-state index in [0.717, 1.165) is 45.1 Å². The Morgan fingerprint density at radius 3 is 2.69 bits per heavy atom. The molecule has 2 N–H and O–H groups in total. The molecule has 1 amide bonds. The first-order valence-corrected chi connectivity index (χ1v) is 9.14. The van der Waals surface area contributed by atoms with Crippen molar-refractivity contribution < 1.29 is 9.53 Å². The van der Waals surface area contributed by atoms with Crippen LogP contribution in [0.15, 0.2) is 36.5 Å². The normalized spacial score (nSPS) is 14.8. The lowest BCUT2D eigenvalue weighted by atomic mass is 10.2. The van der Waals surface area contributed by atoms with Crippen molar-refractivity contribution in [1.29, 1.82) is 0 Å². The van der Waals surface area contributed by atoms with E-state index in [1.165, 1.54) is 0 Å². The van der Waals surface area contributed by atoms with E-state index in [1.54, 1.807) is 30.5 Å². The molecule has 8 heteroatoms. The summed E-state index contributed by atoms with van der Waals surface area (Å²) in [5, 5.41) is 6.92. The van der Waals surface area contributed by atoms with Crippen LogP contribution in [0.1, 0.15) is 10.5 Å². The number of aromatic nitrogens is 1. The third kappa shape index (κ3) is 5.32. The molecule has 0 bridgehead atoms. The number of anilines is 2. The maximum atomic E-state index is 12.4. The maximum Gasteiger partial charge on any atom is 0.274 e. The van der Waals surface area contributed by atoms with Crippen molar-refractivity contribution in [2.45, 2.75) is 0 Å². The molecule has 0 atom stereocenters. The van der Waals surface area contributed by atoms with Crippen LogP contribution < -0.4 is 10.6 Å². The summed E-state index contributed by atoms with van der Waals surface area (Å²) < 4.78 is 5.34. The van der Waals surface area contributed by atoms with Crippen LogP contribution >= 0.6 is 23.2 Å². The minimum Gasteiger partial charge on any atom is -0.384 e. The number of benzene rings is 1. The van der Waals surface area contributed by atoms with E-state index in [-0.39, 0.29) is 5.91 Å². The molecular weight excluding hydrogens is 375 g/mol. The van der Waals surface area contributed by atoms with Gasteiger partial charge in [-0.15, -0.1) is 0 Å². The van der Waals surface area contributed by atoms with Crippen molar-refractivity contribution in [2.24, 2.45) is 0 Å². The number of ether oxygens (including phenoxy) is 1. The Kier molecular flexibility index (Phi) is 6.68. The highest BCUT2D eigenvalue weighted by Gasteiger charge is 2.11. The van der Waals surface area contributed by atoms with Crippen molar-refractivity contribution in [2.75, 3.05) is 50.0 Å². The Morgan fingerprint density at radius 1 is 1.12 bits per heavy atom. The number of carbonyl (C=O) groups is 1. The third-order valence-corrected chi connectivity index (χ3v) is 4.77. The van der Waals surface area contributed by atoms with E-state index < -0.39 is 0 Å². The predicted octanol–water partition coefficient (Wildman–Crippen LogP) is 3.38. The highest BCUT2D eigenvalue weighted by atomic mass is 35.5. The van der Waals surface area contributed by atoms with Crippen molar-refractivity contribution in [3.63, 3.8) is 0 Å². The van der Waals surface area contributed by atoms with E-state index in [4.69, 9.17) is 27.9 Å². The van der Waals surface area contributed by atoms with Crippen LogP contribution in [-0.2, 0) is 4.74 Å². The van der Waals surface area contributed by atoms with Gasteiger partial charge in [-0.05, 0) is 30.3 Å². The first-order chi connectivity index (χ1) is 12.6. The summed E-state index contributed by atoms with van der Waals surface area (Å²) in [6, 6.07) is 8.50. The number of halogens is 2. The zero-order chi connectivity index (χ0) is 18.4. The molecule has 138 valence electrons. The van der Waals surface area contributed by atoms with E-state index in [9.17, 15) is 4.79 Å². The summed E-state index contributed by atoms with van der Waals surface area (Å²) in [6.07, 6.45) is 1.61. The number of hydrogen-bond acceptors (Lipinski definition) is 5. The molecule has 3 rings (SSSR count). The fraction of sp³-hybridized carbons (Fsp3) is 0.333. The van der Waals surface area contributed by atoms with Crippen LogP contribution in [0.2, 0.25) is 10.0 Å². The topological polar surface area (TPSA) is 66.5 Å². The molecule has 2 heterocycles. The van der Waals surface area contributed by atoms with Gasteiger partial charge in [-0.3, -0.25) is 14.7 Å². The van der Waals surface area contributed by atoms with Gasteiger partial charge in [0.1, 0.15) is 5.69 Å². The quantitative estimate of drug-likeness (QED) is 0.785. The number of amides is 1. The second kappa shape index (κ2) is 9.19. The van der Waals surface area contributed by atoms with Crippen LogP contribution in [0.5, 0.6) is 0 Å². The summed E-state index contributed by atoms with van der Waals surface area (Å²) >= 11 is 11.9. The first-order valence-electron chi connectivity index (χ1n) is 8.38. The molecule has 0 unspecified atom stereocenters. The van der Waals surface area contributed by atoms with Crippen LogP contribution in [-0.4, -0.2) is 55.2 Å². The van der Waals surface area contributed by atoms with Gasteiger partial charge < -0.3 is 15.4 Å². The lowest BCUT2D eigenvalue weighted by Gasteiger charge is -2.26. The molecule has 1 aliphatic rings. The van der Waals surface area contributed by atoms with Gasteiger partial charge in [0, 0.05) is 43.8 Å². The molecule has 0 spiro atoms. The van der Waals surface area contributed by atoms with Gasteiger partial charge >= 0.3 is 0 Å². The zero-order valence-electron chi connectivity index (χ0n) is 14.2. The molecule has 1 aromatic carbocycles. The summed E-state index contributed by atoms with van der Waals surface area (Å²) in [7, 11) is 0. The van der Waals surface area contributed by atoms with Crippen LogP contribution in [0.4, 0.5) is 11.4 Å². The Morgan fingerprint density at radius 2 is 1.92 bits per heavy atom. The van der Waals surface area contributed by atoms with Gasteiger partial charge in [-0.25, -0.2) is 0 Å². The number of rotatable bonds is 6. The van der Waals surface area contributed by atoms with Gasteiger partial charge in [-0.1, -0.05) is 23.2 Å². The first kappa shape index (κ1) is 18.9. The smallest absolute Gasteiger partial charge is 0.274 e. The second-order valence-corrected chi connectivity index (χ2v) is 6.71. The molecule has 1 saturated heterocycles. The van der Waals surface area contributed by atoms with Crippen molar-refractivity contribution in [3.05, 3.63) is 52.3 Å². The van der Waals surface area contributed by atoms with Crippen LogP contribution in [0.25, 0.3) is 0 Å². The molecular formula is C18H20Cl2N4O2. The number of carbonyl (C=O) groups excluding carboxylic acids is 1. The standard InChI is InChI=1S/C18H20Cl2N4O2/c19-15-2-1-14(11-16(15)20)23-18(25)17-12-13(3-4-22-17)21-5-6-24-7-9-26-10-8-24/h1-4,11-12H,5-10H2,(H,21,22)(H,23,25). The number of morpholine rings is 1. The Hall–Kier alpha value is -1.86. The summed E-state index contributed by atoms with van der Waals surface area (Å²) in [5.41, 5.74) is 1.75. The lowest BCUT2D eigenvalue weighted by molar-refractivity contribution is 0.0398. The van der Waals surface area contributed by atoms with E-state index >= 15 is 0 Å². The fourth-order valence-electron chi connectivity index (χ4n) is 2.62. The summed E-state index contributed by atoms with van der Waals surface area (Å²) in [5.74, 6) is -0.305. The lowest BCUT2D eigenvalue weighted by Crippen LogP contribution is -2.39. The highest BCUT2D eigenvalue weighted by molar-refractivity contribution is 6.42. The minimum atomic E-state index is -0.305. The molecule has 2 aromatic rings. The molecule has 1 fully saturated rings. The predicted molar refractivity (Wildman–Crippen MR) is 104 cm³/mol. The number of nitrogens with one attached hydrogen (secondary N) is 2. The minimum absolute atomic E-state index is 0.305. The van der Waals surface area contributed by atoms with Crippen LogP contribution in [0, 0.1) is 0 Å². The average Bonchev–Trinajstić information content (AvgIpc) is 2.66. The van der Waals surface area contributed by atoms with Crippen molar-refractivity contribution in [1.82, 2.24) is 9.88 Å². The van der Waals surface area contributed by atoms with Crippen molar-refractivity contribution in [3.8, 4) is 0 Å². The Balaban J connectivity index is 1.55. The molecule has 0 saturated carbocycles. The van der Waals surface area contributed by atoms with Gasteiger partial charge in [-0.2, -0.15) is 0 Å². The third-order valence-electron chi connectivity index (χ3n) is 4.03. The molecule has 1 aliphatic heterocycles. The highest BCUT2D eigenvalue weighted by Crippen LogP contribution is 2.25. The molecule has 1 aromatic heterocycles. The van der Waals surface area contributed by atoms with E-state index in [0.29, 0.717) is 21.4 Å². The van der Waals surface area contributed by atoms with Gasteiger partial charge in [0.2, 0.25) is 0 Å². The zero-order valence-corrected chi connectivity index (χ0v) is 15.7. The van der Waals surface area contributed by atoms with E-state index in [2.05, 4.69) is 20.5 Å². The Bertz CT molecular complexity index is 767. The molecule has 0 radical (unpaired) electrons. The molecule has 26 heavy (non-hydrogen) atoms. The van der Waals surface area contributed by atoms with Crippen molar-refractivity contribution >= 4 is 40.5 Å². The largest absolute Gasteiger partial charge is 0.384 e. The average molecular weight is 395 g/mol. The fourth-order valence-corrected chi connectivity index (χ4v) is 2.91. The van der Waals surface area contributed by atoms with E-state index in [1.807, 2.05) is 6.07 Å². The number of nitrogens with zero attached hydrogens (tertiary/aromatic N) is 2. The second-order valence-electron chi connectivity index (χ2n) is 5.89. The number of pyridine rings is 1. The molecule has 6 nitrogen and oxygen atoms in total. The van der Waals surface area contributed by atoms with Gasteiger partial charge in [0.25, 0.3) is 5.91 Å². The Labute approximate surface area is 162 Å². The van der Waals surface area contributed by atoms with Gasteiger partial charge in [0.05, 0.1) is 23.3 Å². The number of hydrogen-bond donors (Lipinski definition) is 2. The maximum absolute atomic E-state index is 12.4. The summed E-state index contributed by atoms with van der Waals surface area (Å²) in [6.45, 7) is 5.20. The SMILES string of the molecule is O=C(Nc1ccc(Cl)c(Cl)c1)c1cc(NCCN2CCOCC2)ccn1. The summed E-state index contributed by atoms with van der Waals surface area (Å²) in [4.78, 5) is 18.9. The molecule has 0 aliphatic carbocycles. The monoisotopic (exact) mass is 394 g/mol. The van der Waals surface area contributed by atoms with Gasteiger partial charge in [0.15, 0.2) is 0 Å².